The summed E-state index contributed by atoms with van der Waals surface area (Å²) in [6, 6.07) is 7.54. The van der Waals surface area contributed by atoms with Gasteiger partial charge >= 0.3 is 0 Å². The summed E-state index contributed by atoms with van der Waals surface area (Å²) in [5.74, 6) is -1.93. The Morgan fingerprint density at radius 1 is 1.17 bits per heavy atom. The highest BCUT2D eigenvalue weighted by Crippen LogP contribution is 2.40. The van der Waals surface area contributed by atoms with Gasteiger partial charge in [0.2, 0.25) is 12.3 Å². The Kier molecular flexibility index (Phi) is 5.15. The van der Waals surface area contributed by atoms with E-state index in [1.54, 1.807) is 31.2 Å². The molecular weight excluding hydrogens is 434 g/mol. The van der Waals surface area contributed by atoms with E-state index in [9.17, 15) is 18.8 Å². The number of likely N-dealkylation sites (tertiary alicyclic amines) is 1. The van der Waals surface area contributed by atoms with Crippen LogP contribution in [0.2, 0.25) is 10.0 Å². The number of rotatable bonds is 4. The van der Waals surface area contributed by atoms with Gasteiger partial charge in [0.25, 0.3) is 5.91 Å². The lowest BCUT2D eigenvalue weighted by molar-refractivity contribution is -0.169. The zero-order valence-corrected chi connectivity index (χ0v) is 17.4. The lowest BCUT2D eigenvalue weighted by Gasteiger charge is -2.58. The molecule has 0 aliphatic carbocycles. The van der Waals surface area contributed by atoms with Crippen molar-refractivity contribution < 1.29 is 18.8 Å². The maximum Gasteiger partial charge on any atom is 0.258 e. The highest BCUT2D eigenvalue weighted by molar-refractivity contribution is 6.30. The van der Waals surface area contributed by atoms with E-state index in [0.29, 0.717) is 11.4 Å². The molecule has 0 radical (unpaired) electrons. The number of carbonyl (C=O) groups excluding carboxylic acids is 3. The van der Waals surface area contributed by atoms with Gasteiger partial charge in [0.05, 0.1) is 24.2 Å². The van der Waals surface area contributed by atoms with Gasteiger partial charge in [0.1, 0.15) is 6.54 Å². The zero-order valence-electron chi connectivity index (χ0n) is 15.9. The number of piperazine rings is 1. The van der Waals surface area contributed by atoms with Crippen LogP contribution in [0.25, 0.3) is 0 Å². The van der Waals surface area contributed by atoms with E-state index >= 15 is 0 Å². The van der Waals surface area contributed by atoms with Gasteiger partial charge in [-0.05, 0) is 30.7 Å². The van der Waals surface area contributed by atoms with E-state index in [2.05, 4.69) is 4.98 Å². The number of amides is 3. The molecule has 0 saturated carbocycles. The number of aromatic nitrogens is 1. The van der Waals surface area contributed by atoms with E-state index in [4.69, 9.17) is 23.2 Å². The molecule has 1 spiro atoms. The van der Waals surface area contributed by atoms with Crippen LogP contribution in [0.5, 0.6) is 0 Å². The quantitative estimate of drug-likeness (QED) is 0.671. The van der Waals surface area contributed by atoms with E-state index in [0.717, 1.165) is 16.5 Å². The molecule has 1 atom stereocenters. The summed E-state index contributed by atoms with van der Waals surface area (Å²) in [5, 5.41) is 0.628. The number of hydrogen-bond acceptors (Lipinski definition) is 4. The Labute approximate surface area is 182 Å². The predicted octanol–water partition coefficient (Wildman–Crippen LogP) is 2.67. The molecule has 1 aromatic carbocycles. The molecule has 2 fully saturated rings. The SMILES string of the molecule is C[C@@H](c1ccc(Cl)cc1)N1C(=O)CN(c2ncc(Cl)cc2F)C(=O)C12CN(C=O)C2. The van der Waals surface area contributed by atoms with Crippen LogP contribution < -0.4 is 4.90 Å². The number of carbonyl (C=O) groups is 3. The second kappa shape index (κ2) is 7.52. The van der Waals surface area contributed by atoms with Crippen molar-refractivity contribution in [3.8, 4) is 0 Å². The van der Waals surface area contributed by atoms with E-state index in [1.807, 2.05) is 0 Å². The number of halogens is 3. The molecule has 2 aliphatic heterocycles. The van der Waals surface area contributed by atoms with E-state index in [1.165, 1.54) is 16.0 Å². The van der Waals surface area contributed by atoms with Gasteiger partial charge in [0.15, 0.2) is 17.2 Å². The summed E-state index contributed by atoms with van der Waals surface area (Å²) in [6.07, 6.45) is 1.83. The summed E-state index contributed by atoms with van der Waals surface area (Å²) in [6.45, 7) is 1.47. The van der Waals surface area contributed by atoms with Crippen LogP contribution in [-0.4, -0.2) is 58.2 Å². The molecule has 4 rings (SSSR count). The standard InChI is InChI=1S/C20H17Cl2FN4O3/c1-12(13-2-4-14(21)5-3-13)27-17(29)8-26(18-16(23)6-15(22)7-24-18)19(30)20(27)9-25(10-20)11-28/h2-7,11-12H,8-10H2,1H3/t12-/m0/s1. The Morgan fingerprint density at radius 3 is 2.43 bits per heavy atom. The minimum Gasteiger partial charge on any atom is -0.339 e. The summed E-state index contributed by atoms with van der Waals surface area (Å²) in [5.41, 5.74) is -0.517. The van der Waals surface area contributed by atoms with Crippen LogP contribution >= 0.6 is 23.2 Å². The maximum atomic E-state index is 14.5. The first-order valence-electron chi connectivity index (χ1n) is 9.17. The average molecular weight is 451 g/mol. The van der Waals surface area contributed by atoms with Crippen LogP contribution in [0.4, 0.5) is 10.2 Å². The Hall–Kier alpha value is -2.71. The largest absolute Gasteiger partial charge is 0.339 e. The van der Waals surface area contributed by atoms with Crippen molar-refractivity contribution in [3.05, 3.63) is 58.0 Å². The number of nitrogens with zero attached hydrogens (tertiary/aromatic N) is 4. The molecule has 7 nitrogen and oxygen atoms in total. The first-order valence-corrected chi connectivity index (χ1v) is 9.92. The third-order valence-electron chi connectivity index (χ3n) is 5.53. The summed E-state index contributed by atoms with van der Waals surface area (Å²) in [7, 11) is 0. The van der Waals surface area contributed by atoms with E-state index in [-0.39, 0.29) is 36.4 Å². The van der Waals surface area contributed by atoms with Gasteiger partial charge in [-0.15, -0.1) is 0 Å². The number of pyridine rings is 1. The predicted molar refractivity (Wildman–Crippen MR) is 109 cm³/mol. The molecule has 156 valence electrons. The molecule has 30 heavy (non-hydrogen) atoms. The molecule has 3 amide bonds. The van der Waals surface area contributed by atoms with Gasteiger partial charge in [-0.25, -0.2) is 9.37 Å². The van der Waals surface area contributed by atoms with Crippen molar-refractivity contribution in [1.29, 1.82) is 0 Å². The Bertz CT molecular complexity index is 1030. The third-order valence-corrected chi connectivity index (χ3v) is 5.99. The van der Waals surface area contributed by atoms with Gasteiger partial charge < -0.3 is 9.80 Å². The molecule has 0 N–H and O–H groups in total. The Morgan fingerprint density at radius 2 is 1.83 bits per heavy atom. The van der Waals surface area contributed by atoms with Crippen molar-refractivity contribution in [2.24, 2.45) is 0 Å². The number of hydrogen-bond donors (Lipinski definition) is 0. The van der Waals surface area contributed by atoms with Crippen LogP contribution in [0.1, 0.15) is 18.5 Å². The lowest BCUT2D eigenvalue weighted by atomic mass is 9.82. The molecule has 2 saturated heterocycles. The first-order chi connectivity index (χ1) is 14.3. The molecule has 2 aliphatic rings. The molecule has 1 aromatic heterocycles. The fraction of sp³-hybridized carbons (Fsp3) is 0.300. The molecule has 0 unspecified atom stereocenters. The smallest absolute Gasteiger partial charge is 0.258 e. The van der Waals surface area contributed by atoms with Crippen LogP contribution in [-0.2, 0) is 14.4 Å². The van der Waals surface area contributed by atoms with Crippen molar-refractivity contribution in [2.45, 2.75) is 18.5 Å². The van der Waals surface area contributed by atoms with Crippen molar-refractivity contribution in [2.75, 3.05) is 24.5 Å². The maximum absolute atomic E-state index is 14.5. The van der Waals surface area contributed by atoms with Gasteiger partial charge in [-0.2, -0.15) is 0 Å². The summed E-state index contributed by atoms with van der Waals surface area (Å²) < 4.78 is 14.5. The molecule has 0 bridgehead atoms. The Balaban J connectivity index is 1.74. The third kappa shape index (κ3) is 3.20. The highest BCUT2D eigenvalue weighted by Gasteiger charge is 2.61. The second-order valence-electron chi connectivity index (χ2n) is 7.38. The van der Waals surface area contributed by atoms with Gasteiger partial charge in [0, 0.05) is 11.2 Å². The van der Waals surface area contributed by atoms with Crippen molar-refractivity contribution in [1.82, 2.24) is 14.8 Å². The minimum atomic E-state index is -1.30. The van der Waals surface area contributed by atoms with Gasteiger partial charge in [-0.3, -0.25) is 19.3 Å². The second-order valence-corrected chi connectivity index (χ2v) is 8.26. The van der Waals surface area contributed by atoms with Crippen molar-refractivity contribution >= 4 is 47.2 Å². The molecule has 10 heteroatoms. The average Bonchev–Trinajstić information content (AvgIpc) is 2.68. The zero-order chi connectivity index (χ0) is 21.6. The highest BCUT2D eigenvalue weighted by atomic mass is 35.5. The molecule has 2 aromatic rings. The van der Waals surface area contributed by atoms with Crippen molar-refractivity contribution in [3.63, 3.8) is 0 Å². The first kappa shape index (κ1) is 20.6. The monoisotopic (exact) mass is 450 g/mol. The summed E-state index contributed by atoms with van der Waals surface area (Å²) in [4.78, 5) is 45.8. The molecular formula is C20H17Cl2FN4O3. The minimum absolute atomic E-state index is 0.0186. The lowest BCUT2D eigenvalue weighted by Crippen LogP contribution is -2.80. The van der Waals surface area contributed by atoms with Crippen LogP contribution in [0.15, 0.2) is 36.5 Å². The van der Waals surface area contributed by atoms with E-state index < -0.39 is 23.3 Å². The summed E-state index contributed by atoms with van der Waals surface area (Å²) >= 11 is 11.7. The van der Waals surface area contributed by atoms with Crippen LogP contribution in [0, 0.1) is 5.82 Å². The number of benzene rings is 1. The van der Waals surface area contributed by atoms with Gasteiger partial charge in [-0.1, -0.05) is 35.3 Å². The fourth-order valence-electron chi connectivity index (χ4n) is 4.12. The normalized spacial score (nSPS) is 19.1. The number of anilines is 1. The van der Waals surface area contributed by atoms with Crippen LogP contribution in [0.3, 0.4) is 0 Å². The fourth-order valence-corrected chi connectivity index (χ4v) is 4.39. The molecule has 3 heterocycles. The topological polar surface area (TPSA) is 73.8 Å².